The Kier molecular flexibility index (Phi) is 9.11. The number of phenolic OH excluding ortho intramolecular Hbond substituents is 2. The molecule has 224 valence electrons. The van der Waals surface area contributed by atoms with Gasteiger partial charge in [-0.3, -0.25) is 4.79 Å². The van der Waals surface area contributed by atoms with Gasteiger partial charge in [0.1, 0.15) is 11.3 Å². The lowest BCUT2D eigenvalue weighted by atomic mass is 9.85. The molecule has 2 aromatic heterocycles. The summed E-state index contributed by atoms with van der Waals surface area (Å²) in [5, 5.41) is 24.5. The molecule has 2 aromatic carbocycles. The number of carbonyl (C=O) groups is 1. The molecule has 1 amide bonds. The average Bonchev–Trinajstić information content (AvgIpc) is 3.30. The fourth-order valence-electron chi connectivity index (χ4n) is 5.14. The van der Waals surface area contributed by atoms with Gasteiger partial charge in [0, 0.05) is 34.9 Å². The number of hydrogen-bond acceptors (Lipinski definition) is 7. The zero-order chi connectivity index (χ0) is 30.7. The lowest BCUT2D eigenvalue weighted by molar-refractivity contribution is -0.118. The quantitative estimate of drug-likeness (QED) is 0.0911. The summed E-state index contributed by atoms with van der Waals surface area (Å²) in [6.07, 6.45) is 4.65. The zero-order valence-electron chi connectivity index (χ0n) is 25.3. The van der Waals surface area contributed by atoms with Gasteiger partial charge < -0.3 is 30.6 Å². The molecule has 9 nitrogen and oxygen atoms in total. The minimum absolute atomic E-state index is 0.136. The van der Waals surface area contributed by atoms with Gasteiger partial charge in [-0.25, -0.2) is 9.97 Å². The van der Waals surface area contributed by atoms with Crippen molar-refractivity contribution in [3.8, 4) is 11.5 Å². The Bertz CT molecular complexity index is 1610. The molecule has 0 bridgehead atoms. The lowest BCUT2D eigenvalue weighted by Gasteiger charge is -2.28. The number of anilines is 1. The number of aromatic nitrogens is 3. The van der Waals surface area contributed by atoms with E-state index in [1.807, 2.05) is 13.8 Å². The van der Waals surface area contributed by atoms with Gasteiger partial charge in [-0.2, -0.15) is 0 Å². The number of phenols is 2. The van der Waals surface area contributed by atoms with Crippen LogP contribution in [0.5, 0.6) is 11.5 Å². The molecule has 0 aliphatic carbocycles. The molecule has 0 aliphatic rings. The molecular weight excluding hydrogens is 530 g/mol. The van der Waals surface area contributed by atoms with Crippen molar-refractivity contribution >= 4 is 33.7 Å². The number of aromatic hydroxyl groups is 2. The number of nitrogens with two attached hydrogens (primary N) is 1. The van der Waals surface area contributed by atoms with Crippen molar-refractivity contribution in [1.82, 2.24) is 19.9 Å². The second kappa shape index (κ2) is 12.4. The Hall–Kier alpha value is -4.11. The first-order chi connectivity index (χ1) is 19.9. The zero-order valence-corrected chi connectivity index (χ0v) is 25.3. The van der Waals surface area contributed by atoms with Gasteiger partial charge in [-0.15, -0.1) is 0 Å². The molecule has 9 heteroatoms. The summed E-state index contributed by atoms with van der Waals surface area (Å²) in [4.78, 5) is 21.3. The number of aryl methyl sites for hydroxylation is 1. The lowest BCUT2D eigenvalue weighted by Crippen LogP contribution is -2.43. The number of nitrogen functional groups attached to an aromatic ring is 1. The molecule has 0 fully saturated rings. The molecule has 0 unspecified atom stereocenters. The van der Waals surface area contributed by atoms with Crippen molar-refractivity contribution in [3.63, 3.8) is 0 Å². The average molecular weight is 574 g/mol. The highest BCUT2D eigenvalue weighted by Gasteiger charge is 2.25. The summed E-state index contributed by atoms with van der Waals surface area (Å²) in [7, 11) is 0. The minimum atomic E-state index is -0.403. The van der Waals surface area contributed by atoms with E-state index in [2.05, 4.69) is 55.4 Å². The fourth-order valence-corrected chi connectivity index (χ4v) is 5.14. The maximum absolute atomic E-state index is 11.7. The second-order valence-corrected chi connectivity index (χ2v) is 12.2. The topological polar surface area (TPSA) is 136 Å². The number of hydrogen-bond donors (Lipinski definition) is 4. The fraction of sp³-hybridized carbons (Fsp3) is 0.424. The second-order valence-electron chi connectivity index (χ2n) is 12.2. The van der Waals surface area contributed by atoms with Crippen LogP contribution in [0.4, 0.5) is 5.82 Å². The van der Waals surface area contributed by atoms with Crippen LogP contribution >= 0.6 is 0 Å². The van der Waals surface area contributed by atoms with Crippen LogP contribution in [0.25, 0.3) is 21.9 Å². The van der Waals surface area contributed by atoms with Crippen molar-refractivity contribution in [2.45, 2.75) is 77.8 Å². The molecule has 0 saturated heterocycles. The van der Waals surface area contributed by atoms with E-state index >= 15 is 0 Å². The van der Waals surface area contributed by atoms with E-state index in [9.17, 15) is 15.0 Å². The number of para-hydroxylation sites is 1. The molecule has 4 aromatic rings. The Morgan fingerprint density at radius 3 is 2.64 bits per heavy atom. The number of nitrogens with one attached hydrogen (secondary N) is 1. The van der Waals surface area contributed by atoms with Crippen LogP contribution in [0.2, 0.25) is 0 Å². The first-order valence-electron chi connectivity index (χ1n) is 14.5. The number of benzene rings is 2. The molecule has 0 atom stereocenters. The van der Waals surface area contributed by atoms with Crippen LogP contribution in [0.3, 0.4) is 0 Å². The van der Waals surface area contributed by atoms with Gasteiger partial charge in [0.05, 0.1) is 24.2 Å². The highest BCUT2D eigenvalue weighted by atomic mass is 16.5. The van der Waals surface area contributed by atoms with Gasteiger partial charge in [0.15, 0.2) is 17.3 Å². The summed E-state index contributed by atoms with van der Waals surface area (Å²) in [5.41, 5.74) is 9.67. The van der Waals surface area contributed by atoms with Crippen LogP contribution in [-0.2, 0) is 27.9 Å². The third-order valence-corrected chi connectivity index (χ3v) is 7.73. The van der Waals surface area contributed by atoms with Crippen molar-refractivity contribution < 1.29 is 19.7 Å². The molecule has 0 saturated carbocycles. The van der Waals surface area contributed by atoms with E-state index in [1.165, 1.54) is 12.1 Å². The molecule has 0 aliphatic heterocycles. The van der Waals surface area contributed by atoms with Gasteiger partial charge in [-0.05, 0) is 50.5 Å². The van der Waals surface area contributed by atoms with Crippen molar-refractivity contribution in [1.29, 1.82) is 0 Å². The smallest absolute Gasteiger partial charge is 0.243 e. The van der Waals surface area contributed by atoms with Gasteiger partial charge in [0.2, 0.25) is 5.91 Å². The van der Waals surface area contributed by atoms with Crippen molar-refractivity contribution in [2.24, 2.45) is 0 Å². The van der Waals surface area contributed by atoms with E-state index in [1.54, 1.807) is 12.1 Å². The number of rotatable bonds is 13. The molecule has 4 rings (SSSR count). The van der Waals surface area contributed by atoms with Gasteiger partial charge in [-0.1, -0.05) is 58.0 Å². The number of carbonyl (C=O) groups excluding carboxylic acids is 1. The molecule has 0 spiro atoms. The highest BCUT2D eigenvalue weighted by molar-refractivity contribution is 6.06. The predicted molar refractivity (Wildman–Crippen MR) is 168 cm³/mol. The normalized spacial score (nSPS) is 12.2. The monoisotopic (exact) mass is 573 g/mol. The van der Waals surface area contributed by atoms with Crippen molar-refractivity contribution in [2.75, 3.05) is 18.9 Å². The Labute approximate surface area is 247 Å². The van der Waals surface area contributed by atoms with Crippen LogP contribution < -0.4 is 11.1 Å². The molecule has 5 N–H and O–H groups in total. The number of imidazole rings is 1. The summed E-state index contributed by atoms with van der Waals surface area (Å²) < 4.78 is 8.16. The summed E-state index contributed by atoms with van der Waals surface area (Å²) in [6, 6.07) is 11.2. The number of amides is 1. The third kappa shape index (κ3) is 6.68. The third-order valence-electron chi connectivity index (χ3n) is 7.73. The number of fused-ring (bicyclic) bond motifs is 3. The van der Waals surface area contributed by atoms with Gasteiger partial charge in [0.25, 0.3) is 0 Å². The molecule has 0 radical (unpaired) electrons. The van der Waals surface area contributed by atoms with E-state index in [0.29, 0.717) is 43.1 Å². The summed E-state index contributed by atoms with van der Waals surface area (Å²) in [5.74, 6) is 0.722. The van der Waals surface area contributed by atoms with Crippen LogP contribution in [0.1, 0.15) is 70.8 Å². The largest absolute Gasteiger partial charge is 0.504 e. The summed E-state index contributed by atoms with van der Waals surface area (Å²) in [6.45, 7) is 15.1. The van der Waals surface area contributed by atoms with Crippen LogP contribution in [-0.4, -0.2) is 49.4 Å². The SMILES string of the molecule is C=CC(=O)NC(C)(C)CCOCC(C)(C)c1ccc2c(c1)nc(N)c1nc(CCCC)n(Cc3cccc(O)c3O)c12. The Balaban J connectivity index is 1.66. The first-order valence-corrected chi connectivity index (χ1v) is 14.5. The summed E-state index contributed by atoms with van der Waals surface area (Å²) >= 11 is 0. The Morgan fingerprint density at radius 2 is 1.93 bits per heavy atom. The molecular formula is C33H43N5O4. The standard InChI is InChI=1S/C33H43N5O4/c1-7-9-13-26-36-28-29(38(26)19-21-11-10-12-25(39)30(21)41)23-15-14-22(18-24(23)35-31(28)34)32(3,4)20-42-17-16-33(5,6)37-27(40)8-2/h8,10-12,14-15,18,39,41H,2,7,9,13,16-17,19-20H2,1,3-6H3,(H2,34,35)(H,37,40). The van der Waals surface area contributed by atoms with E-state index in [4.69, 9.17) is 20.4 Å². The number of nitrogens with zero attached hydrogens (tertiary/aromatic N) is 3. The van der Waals surface area contributed by atoms with E-state index in [0.717, 1.165) is 47.1 Å². The predicted octanol–water partition coefficient (Wildman–Crippen LogP) is 5.73. The number of unbranched alkanes of at least 4 members (excludes halogenated alkanes) is 1. The van der Waals surface area contributed by atoms with E-state index in [-0.39, 0.29) is 22.8 Å². The van der Waals surface area contributed by atoms with Crippen LogP contribution in [0.15, 0.2) is 49.1 Å². The maximum atomic E-state index is 11.7. The molecule has 2 heterocycles. The number of pyridine rings is 1. The minimum Gasteiger partial charge on any atom is -0.504 e. The van der Waals surface area contributed by atoms with Crippen molar-refractivity contribution in [3.05, 3.63) is 66.0 Å². The van der Waals surface area contributed by atoms with Crippen LogP contribution in [0, 0.1) is 0 Å². The first kappa shape index (κ1) is 30.8. The number of ether oxygens (including phenoxy) is 1. The van der Waals surface area contributed by atoms with E-state index < -0.39 is 5.54 Å². The maximum Gasteiger partial charge on any atom is 0.243 e. The molecule has 42 heavy (non-hydrogen) atoms. The van der Waals surface area contributed by atoms with Gasteiger partial charge >= 0.3 is 0 Å². The Morgan fingerprint density at radius 1 is 1.17 bits per heavy atom. The highest BCUT2D eigenvalue weighted by Crippen LogP contribution is 2.35.